The van der Waals surface area contributed by atoms with Crippen molar-refractivity contribution in [2.24, 2.45) is 0 Å². The van der Waals surface area contributed by atoms with Gasteiger partial charge in [-0.15, -0.1) is 0 Å². The molecule has 1 fully saturated rings. The number of amides is 3. The second-order valence-corrected chi connectivity index (χ2v) is 7.17. The highest BCUT2D eigenvalue weighted by Gasteiger charge is 2.28. The number of fused-ring (bicyclic) bond motifs is 1. The number of benzene rings is 1. The molecule has 0 radical (unpaired) electrons. The number of carbonyl (C=O) groups is 4. The third-order valence-electron chi connectivity index (χ3n) is 4.94. The molecule has 1 unspecified atom stereocenters. The predicted octanol–water partition coefficient (Wildman–Crippen LogP) is 1.83. The molecular formula is C21H24N4O5. The Hall–Kier alpha value is -3.49. The van der Waals surface area contributed by atoms with Crippen LogP contribution in [0.4, 0.5) is 5.69 Å². The first-order valence-corrected chi connectivity index (χ1v) is 9.93. The molecule has 9 nitrogen and oxygen atoms in total. The Kier molecular flexibility index (Phi) is 6.95. The number of carbonyl (C=O) groups excluding carboxylic acids is 3. The van der Waals surface area contributed by atoms with Crippen molar-refractivity contribution in [1.29, 1.82) is 0 Å². The summed E-state index contributed by atoms with van der Waals surface area (Å²) in [4.78, 5) is 50.9. The summed E-state index contributed by atoms with van der Waals surface area (Å²) in [6.07, 6.45) is 4.49. The topological polar surface area (TPSA) is 137 Å². The first-order chi connectivity index (χ1) is 14.5. The first-order valence-electron chi connectivity index (χ1n) is 9.93. The maximum Gasteiger partial charge on any atom is 0.303 e. The van der Waals surface area contributed by atoms with Crippen LogP contribution in [0.2, 0.25) is 0 Å². The minimum absolute atomic E-state index is 0.170. The molecule has 4 N–H and O–H groups in total. The highest BCUT2D eigenvalue weighted by Crippen LogP contribution is 2.25. The number of rotatable bonds is 9. The monoisotopic (exact) mass is 412 g/mol. The van der Waals surface area contributed by atoms with Gasteiger partial charge in [-0.1, -0.05) is 6.42 Å². The number of hydrogen-bond donors (Lipinski definition) is 4. The second kappa shape index (κ2) is 9.82. The summed E-state index contributed by atoms with van der Waals surface area (Å²) >= 11 is 0. The van der Waals surface area contributed by atoms with Crippen molar-refractivity contribution in [3.05, 3.63) is 36.0 Å². The Labute approximate surface area is 173 Å². The lowest BCUT2D eigenvalue weighted by molar-refractivity contribution is -0.137. The van der Waals surface area contributed by atoms with Gasteiger partial charge >= 0.3 is 5.97 Å². The molecule has 1 aliphatic rings. The number of unbranched alkanes of at least 4 members (excludes halogenated alkanes) is 2. The molecule has 1 saturated heterocycles. The molecule has 1 aliphatic heterocycles. The number of nitrogens with zero attached hydrogens (tertiary/aromatic N) is 1. The van der Waals surface area contributed by atoms with Crippen LogP contribution in [0.1, 0.15) is 48.9 Å². The summed E-state index contributed by atoms with van der Waals surface area (Å²) in [5, 5.41) is 17.7. The standard InChI is InChI=1S/C21H24N4O5/c26-17-10-9-16(21(30)25-17)24-20(29)14-7-8-15(13-5-4-12-23-19(13)14)22-11-3-1-2-6-18(27)28/h4-5,7-8,12,16,22H,1-3,6,9-11H2,(H,24,29)(H,27,28)(H,25,26,30). The molecule has 9 heteroatoms. The molecule has 1 atom stereocenters. The third-order valence-corrected chi connectivity index (χ3v) is 4.94. The molecule has 2 aromatic rings. The van der Waals surface area contributed by atoms with E-state index in [2.05, 4.69) is 20.9 Å². The maximum atomic E-state index is 12.8. The fourth-order valence-electron chi connectivity index (χ4n) is 3.38. The van der Waals surface area contributed by atoms with Crippen molar-refractivity contribution >= 4 is 40.3 Å². The smallest absolute Gasteiger partial charge is 0.303 e. The highest BCUT2D eigenvalue weighted by atomic mass is 16.4. The van der Waals surface area contributed by atoms with E-state index in [1.807, 2.05) is 6.07 Å². The largest absolute Gasteiger partial charge is 0.481 e. The summed E-state index contributed by atoms with van der Waals surface area (Å²) in [6, 6.07) is 6.34. The van der Waals surface area contributed by atoms with E-state index in [0.717, 1.165) is 23.9 Å². The molecule has 3 amide bonds. The molecule has 0 aliphatic carbocycles. The number of carboxylic acids is 1. The number of aliphatic carboxylic acids is 1. The van der Waals surface area contributed by atoms with Gasteiger partial charge in [0.1, 0.15) is 6.04 Å². The summed E-state index contributed by atoms with van der Waals surface area (Å²) in [7, 11) is 0. The van der Waals surface area contributed by atoms with Crippen LogP contribution in [0.25, 0.3) is 10.9 Å². The molecule has 158 valence electrons. The zero-order valence-electron chi connectivity index (χ0n) is 16.4. The number of carboxylic acid groups (broad SMARTS) is 1. The van der Waals surface area contributed by atoms with Crippen molar-refractivity contribution in [1.82, 2.24) is 15.6 Å². The Morgan fingerprint density at radius 1 is 1.17 bits per heavy atom. The van der Waals surface area contributed by atoms with Gasteiger partial charge in [0.15, 0.2) is 0 Å². The lowest BCUT2D eigenvalue weighted by Gasteiger charge is -2.22. The molecule has 1 aromatic carbocycles. The van der Waals surface area contributed by atoms with E-state index in [4.69, 9.17) is 5.11 Å². The van der Waals surface area contributed by atoms with Crippen LogP contribution < -0.4 is 16.0 Å². The zero-order chi connectivity index (χ0) is 21.5. The average Bonchev–Trinajstić information content (AvgIpc) is 2.72. The Morgan fingerprint density at radius 2 is 2.00 bits per heavy atom. The van der Waals surface area contributed by atoms with Crippen LogP contribution in [0.5, 0.6) is 0 Å². The van der Waals surface area contributed by atoms with Crippen LogP contribution in [-0.2, 0) is 14.4 Å². The van der Waals surface area contributed by atoms with Gasteiger partial charge < -0.3 is 15.7 Å². The van der Waals surface area contributed by atoms with Gasteiger partial charge in [0.05, 0.1) is 11.1 Å². The van der Waals surface area contributed by atoms with Crippen LogP contribution in [0.3, 0.4) is 0 Å². The average molecular weight is 412 g/mol. The number of piperidine rings is 1. The van der Waals surface area contributed by atoms with E-state index in [1.165, 1.54) is 0 Å². The minimum Gasteiger partial charge on any atom is -0.481 e. The van der Waals surface area contributed by atoms with E-state index in [9.17, 15) is 19.2 Å². The van der Waals surface area contributed by atoms with Crippen molar-refractivity contribution < 1.29 is 24.3 Å². The second-order valence-electron chi connectivity index (χ2n) is 7.17. The van der Waals surface area contributed by atoms with E-state index >= 15 is 0 Å². The van der Waals surface area contributed by atoms with Crippen LogP contribution in [0, 0.1) is 0 Å². The molecule has 0 saturated carbocycles. The molecule has 3 rings (SSSR count). The van der Waals surface area contributed by atoms with Crippen molar-refractivity contribution in [3.63, 3.8) is 0 Å². The van der Waals surface area contributed by atoms with E-state index < -0.39 is 23.8 Å². The molecule has 0 spiro atoms. The maximum absolute atomic E-state index is 12.8. The fraction of sp³-hybridized carbons (Fsp3) is 0.381. The lowest BCUT2D eigenvalue weighted by Crippen LogP contribution is -2.52. The number of pyridine rings is 1. The van der Waals surface area contributed by atoms with Gasteiger partial charge in [-0.3, -0.25) is 29.5 Å². The molecule has 30 heavy (non-hydrogen) atoms. The Bertz CT molecular complexity index is 975. The SMILES string of the molecule is O=C(O)CCCCCNc1ccc(C(=O)NC2CCC(=O)NC2=O)c2ncccc12. The Morgan fingerprint density at radius 3 is 2.77 bits per heavy atom. The first kappa shape index (κ1) is 21.2. The molecule has 1 aromatic heterocycles. The minimum atomic E-state index is -0.786. The Balaban J connectivity index is 1.67. The molecule has 0 bridgehead atoms. The number of imide groups is 1. The van der Waals surface area contributed by atoms with Crippen molar-refractivity contribution in [3.8, 4) is 0 Å². The zero-order valence-corrected chi connectivity index (χ0v) is 16.4. The van der Waals surface area contributed by atoms with Gasteiger partial charge in [0.2, 0.25) is 11.8 Å². The summed E-state index contributed by atoms with van der Waals surface area (Å²) in [5.41, 5.74) is 1.69. The normalized spacial score (nSPS) is 16.2. The fourth-order valence-corrected chi connectivity index (χ4v) is 3.38. The van der Waals surface area contributed by atoms with Crippen LogP contribution in [0.15, 0.2) is 30.5 Å². The summed E-state index contributed by atoms with van der Waals surface area (Å²) in [6.45, 7) is 0.672. The number of nitrogens with one attached hydrogen (secondary N) is 3. The quantitative estimate of drug-likeness (QED) is 0.364. The number of hydrogen-bond acceptors (Lipinski definition) is 6. The highest BCUT2D eigenvalue weighted by molar-refractivity contribution is 6.10. The molecular weight excluding hydrogens is 388 g/mol. The number of anilines is 1. The third kappa shape index (κ3) is 5.31. The van der Waals surface area contributed by atoms with Gasteiger partial charge in [-0.2, -0.15) is 0 Å². The number of aromatic nitrogens is 1. The lowest BCUT2D eigenvalue weighted by atomic mass is 10.0. The summed E-state index contributed by atoms with van der Waals surface area (Å²) < 4.78 is 0. The van der Waals surface area contributed by atoms with E-state index in [1.54, 1.807) is 24.4 Å². The van der Waals surface area contributed by atoms with Gasteiger partial charge in [0.25, 0.3) is 5.91 Å². The van der Waals surface area contributed by atoms with Gasteiger partial charge in [-0.05, 0) is 43.5 Å². The van der Waals surface area contributed by atoms with Gasteiger partial charge in [0, 0.05) is 36.7 Å². The van der Waals surface area contributed by atoms with Crippen molar-refractivity contribution in [2.75, 3.05) is 11.9 Å². The van der Waals surface area contributed by atoms with E-state index in [-0.39, 0.29) is 25.2 Å². The van der Waals surface area contributed by atoms with Crippen LogP contribution in [-0.4, -0.2) is 46.4 Å². The molecule has 2 heterocycles. The summed E-state index contributed by atoms with van der Waals surface area (Å²) in [5.74, 6) is -2.05. The predicted molar refractivity (Wildman–Crippen MR) is 110 cm³/mol. The van der Waals surface area contributed by atoms with E-state index in [0.29, 0.717) is 24.0 Å². The van der Waals surface area contributed by atoms with Gasteiger partial charge in [-0.25, -0.2) is 0 Å². The van der Waals surface area contributed by atoms with Crippen molar-refractivity contribution in [2.45, 2.75) is 44.6 Å². The van der Waals surface area contributed by atoms with Crippen LogP contribution >= 0.6 is 0 Å².